The molecule has 1 saturated heterocycles. The van der Waals surface area contributed by atoms with Crippen LogP contribution in [0.5, 0.6) is 0 Å². The van der Waals surface area contributed by atoms with Crippen molar-refractivity contribution in [3.8, 4) is 0 Å². The predicted molar refractivity (Wildman–Crippen MR) is 74.1 cm³/mol. The van der Waals surface area contributed by atoms with Gasteiger partial charge in [-0.15, -0.1) is 0 Å². The second-order valence-corrected chi connectivity index (χ2v) is 6.61. The van der Waals surface area contributed by atoms with Crippen LogP contribution in [-0.4, -0.2) is 29.4 Å². The maximum Gasteiger partial charge on any atom is 0.227 e. The average molecular weight is 252 g/mol. The normalized spacial score (nSPS) is 41.8. The van der Waals surface area contributed by atoms with Gasteiger partial charge in [0.25, 0.3) is 0 Å². The van der Waals surface area contributed by atoms with Crippen molar-refractivity contribution in [3.63, 3.8) is 0 Å². The number of piperidine rings is 1. The van der Waals surface area contributed by atoms with Gasteiger partial charge in [-0.25, -0.2) is 0 Å². The Morgan fingerprint density at radius 1 is 1.11 bits per heavy atom. The van der Waals surface area contributed by atoms with Crippen molar-refractivity contribution in [3.05, 3.63) is 0 Å². The van der Waals surface area contributed by atoms with Gasteiger partial charge in [-0.2, -0.15) is 0 Å². The van der Waals surface area contributed by atoms with Gasteiger partial charge in [0, 0.05) is 18.6 Å². The summed E-state index contributed by atoms with van der Waals surface area (Å²) >= 11 is 0. The second kappa shape index (κ2) is 5.60. The summed E-state index contributed by atoms with van der Waals surface area (Å²) in [7, 11) is 0. The fourth-order valence-electron chi connectivity index (χ4n) is 3.54. The van der Waals surface area contributed by atoms with Crippen LogP contribution in [0.15, 0.2) is 0 Å². The number of rotatable bonds is 1. The van der Waals surface area contributed by atoms with Crippen LogP contribution in [-0.2, 0) is 4.79 Å². The number of likely N-dealkylation sites (tertiary alicyclic amines) is 1. The summed E-state index contributed by atoms with van der Waals surface area (Å²) < 4.78 is 0. The highest BCUT2D eigenvalue weighted by Crippen LogP contribution is 2.31. The van der Waals surface area contributed by atoms with Gasteiger partial charge in [0.2, 0.25) is 5.91 Å². The zero-order valence-electron chi connectivity index (χ0n) is 12.1. The monoisotopic (exact) mass is 252 g/mol. The molecule has 1 amide bonds. The number of hydrogen-bond donors (Lipinski definition) is 1. The molecule has 0 spiro atoms. The van der Waals surface area contributed by atoms with Gasteiger partial charge in [-0.05, 0) is 44.4 Å². The largest absolute Gasteiger partial charge is 0.339 e. The highest BCUT2D eigenvalue weighted by Gasteiger charge is 2.37. The lowest BCUT2D eigenvalue weighted by Crippen LogP contribution is -2.53. The molecule has 2 N–H and O–H groups in total. The zero-order chi connectivity index (χ0) is 13.3. The summed E-state index contributed by atoms with van der Waals surface area (Å²) in [6, 6.07) is 0.466. The molecule has 5 atom stereocenters. The Labute approximate surface area is 111 Å². The van der Waals surface area contributed by atoms with Crippen molar-refractivity contribution in [1.29, 1.82) is 0 Å². The molecule has 0 radical (unpaired) electrons. The molecule has 18 heavy (non-hydrogen) atoms. The molecular formula is C15H28N2O. The smallest absolute Gasteiger partial charge is 0.227 e. The molecular weight excluding hydrogens is 224 g/mol. The van der Waals surface area contributed by atoms with E-state index in [1.165, 1.54) is 12.8 Å². The van der Waals surface area contributed by atoms with Gasteiger partial charge in [0.1, 0.15) is 0 Å². The number of carbonyl (C=O) groups excluding carboxylic acids is 1. The minimum Gasteiger partial charge on any atom is -0.339 e. The summed E-state index contributed by atoms with van der Waals surface area (Å²) in [6.07, 6.45) is 5.71. The Morgan fingerprint density at radius 3 is 2.56 bits per heavy atom. The summed E-state index contributed by atoms with van der Waals surface area (Å²) in [6.45, 7) is 7.54. The molecule has 104 valence electrons. The molecule has 1 heterocycles. The number of nitrogens with zero attached hydrogens (tertiary/aromatic N) is 1. The van der Waals surface area contributed by atoms with E-state index in [2.05, 4.69) is 25.7 Å². The lowest BCUT2D eigenvalue weighted by Gasteiger charge is -2.42. The quantitative estimate of drug-likeness (QED) is 0.779. The molecule has 1 aliphatic carbocycles. The predicted octanol–water partition coefficient (Wildman–Crippen LogP) is 2.40. The fourth-order valence-corrected chi connectivity index (χ4v) is 3.54. The van der Waals surface area contributed by atoms with Crippen LogP contribution in [0, 0.1) is 17.8 Å². The van der Waals surface area contributed by atoms with Gasteiger partial charge < -0.3 is 10.6 Å². The van der Waals surface area contributed by atoms with E-state index in [4.69, 9.17) is 5.73 Å². The highest BCUT2D eigenvalue weighted by atomic mass is 16.2. The van der Waals surface area contributed by atoms with Crippen molar-refractivity contribution < 1.29 is 4.79 Å². The first-order valence-electron chi connectivity index (χ1n) is 7.56. The van der Waals surface area contributed by atoms with Crippen LogP contribution in [0.1, 0.15) is 52.9 Å². The molecule has 3 heteroatoms. The third-order valence-corrected chi connectivity index (χ3v) is 5.01. The molecule has 3 nitrogen and oxygen atoms in total. The third kappa shape index (κ3) is 2.71. The third-order valence-electron chi connectivity index (χ3n) is 5.01. The number of carbonyl (C=O) groups is 1. The molecule has 0 aromatic carbocycles. The van der Waals surface area contributed by atoms with Gasteiger partial charge in [0.05, 0.1) is 5.92 Å². The van der Waals surface area contributed by atoms with E-state index in [0.29, 0.717) is 23.8 Å². The molecule has 2 fully saturated rings. The van der Waals surface area contributed by atoms with E-state index in [-0.39, 0.29) is 12.0 Å². The van der Waals surface area contributed by atoms with Crippen molar-refractivity contribution in [2.75, 3.05) is 6.54 Å². The van der Waals surface area contributed by atoms with Gasteiger partial charge >= 0.3 is 0 Å². The fraction of sp³-hybridized carbons (Fsp3) is 0.933. The molecule has 0 bridgehead atoms. The molecule has 0 aromatic rings. The van der Waals surface area contributed by atoms with E-state index >= 15 is 0 Å². The first-order valence-corrected chi connectivity index (χ1v) is 7.56. The molecule has 1 aliphatic heterocycles. The molecule has 0 aromatic heterocycles. The lowest BCUT2D eigenvalue weighted by molar-refractivity contribution is -0.142. The van der Waals surface area contributed by atoms with E-state index in [0.717, 1.165) is 25.8 Å². The van der Waals surface area contributed by atoms with Crippen LogP contribution in [0.4, 0.5) is 0 Å². The molecule has 2 rings (SSSR count). The maximum absolute atomic E-state index is 12.7. The van der Waals surface area contributed by atoms with E-state index in [1.54, 1.807) is 0 Å². The maximum atomic E-state index is 12.7. The van der Waals surface area contributed by atoms with E-state index in [9.17, 15) is 4.79 Å². The Hall–Kier alpha value is -0.570. The first kappa shape index (κ1) is 13.9. The Bertz CT molecular complexity index is 301. The van der Waals surface area contributed by atoms with Crippen molar-refractivity contribution in [2.24, 2.45) is 23.5 Å². The molecule has 1 saturated carbocycles. The highest BCUT2D eigenvalue weighted by molar-refractivity contribution is 5.80. The van der Waals surface area contributed by atoms with Gasteiger partial charge in [-0.3, -0.25) is 4.79 Å². The van der Waals surface area contributed by atoms with Gasteiger partial charge in [-0.1, -0.05) is 20.3 Å². The number of hydrogen-bond acceptors (Lipinski definition) is 2. The lowest BCUT2D eigenvalue weighted by atomic mass is 9.77. The van der Waals surface area contributed by atoms with Crippen molar-refractivity contribution in [2.45, 2.75) is 65.0 Å². The standard InChI is InChI=1S/C15H28N2O/c1-10-7-8-12(3)17(9-10)15(18)13-6-4-5-11(2)14(13)16/h10-14H,4-9,16H2,1-3H3. The zero-order valence-corrected chi connectivity index (χ0v) is 12.1. The van der Waals surface area contributed by atoms with Gasteiger partial charge in [0.15, 0.2) is 0 Å². The topological polar surface area (TPSA) is 46.3 Å². The summed E-state index contributed by atoms with van der Waals surface area (Å²) in [4.78, 5) is 14.8. The van der Waals surface area contributed by atoms with Crippen LogP contribution >= 0.6 is 0 Å². The molecule has 2 aliphatic rings. The van der Waals surface area contributed by atoms with E-state index < -0.39 is 0 Å². The van der Waals surface area contributed by atoms with Crippen LogP contribution in [0.3, 0.4) is 0 Å². The second-order valence-electron chi connectivity index (χ2n) is 6.61. The Morgan fingerprint density at radius 2 is 1.83 bits per heavy atom. The minimum atomic E-state index is 0.0654. The first-order chi connectivity index (χ1) is 8.50. The van der Waals surface area contributed by atoms with Crippen molar-refractivity contribution in [1.82, 2.24) is 4.90 Å². The minimum absolute atomic E-state index is 0.0654. The Kier molecular flexibility index (Phi) is 4.31. The number of nitrogens with two attached hydrogens (primary N) is 1. The SMILES string of the molecule is CC1CCC(C)N(C(=O)C2CCCC(C)C2N)C1. The van der Waals surface area contributed by atoms with Crippen LogP contribution in [0.25, 0.3) is 0 Å². The summed E-state index contributed by atoms with van der Waals surface area (Å²) in [5, 5.41) is 0. The number of amides is 1. The van der Waals surface area contributed by atoms with E-state index in [1.807, 2.05) is 0 Å². The van der Waals surface area contributed by atoms with Crippen LogP contribution < -0.4 is 5.73 Å². The van der Waals surface area contributed by atoms with Crippen molar-refractivity contribution >= 4 is 5.91 Å². The van der Waals surface area contributed by atoms with Crippen LogP contribution in [0.2, 0.25) is 0 Å². The average Bonchev–Trinajstić information content (AvgIpc) is 2.35. The molecule has 5 unspecified atom stereocenters. The summed E-state index contributed by atoms with van der Waals surface area (Å²) in [5.41, 5.74) is 6.26. The Balaban J connectivity index is 2.05. The summed E-state index contributed by atoms with van der Waals surface area (Å²) in [5.74, 6) is 1.53.